The number of allylic oxidation sites excluding steroid dienone is 1. The number of primary amides is 1. The largest absolute Gasteiger partial charge is 0.365 e. The molecule has 8 heteroatoms. The van der Waals surface area contributed by atoms with E-state index in [2.05, 4.69) is 10.2 Å². The van der Waals surface area contributed by atoms with Gasteiger partial charge in [0.25, 0.3) is 5.91 Å². The van der Waals surface area contributed by atoms with Crippen LogP contribution in [0.3, 0.4) is 0 Å². The first kappa shape index (κ1) is 19.8. The molecule has 2 aliphatic rings. The minimum absolute atomic E-state index is 0.0281. The standard InChI is InChI=1S/C23H20N4O2S2/c1-13-20(21(24)29)31-22(15-6-3-2-4-7-15)27(13)23-25-17(12-30-23)16-9-5-8-14-10-11-18(28)26-19(14)16/h2-9,12,22H,10-11H2,1H3,(H2,24,29)(H,26,28). The number of carbonyl (C=O) groups is 2. The second kappa shape index (κ2) is 7.86. The Hall–Kier alpha value is -3.10. The Morgan fingerprint density at radius 3 is 2.74 bits per heavy atom. The Morgan fingerprint density at radius 1 is 1.16 bits per heavy atom. The number of carbonyl (C=O) groups excluding carboxylic acids is 2. The second-order valence-electron chi connectivity index (χ2n) is 7.43. The van der Waals surface area contributed by atoms with Crippen LogP contribution in [-0.2, 0) is 16.0 Å². The van der Waals surface area contributed by atoms with Crippen molar-refractivity contribution < 1.29 is 9.59 Å². The van der Waals surface area contributed by atoms with Gasteiger partial charge in [-0.2, -0.15) is 0 Å². The van der Waals surface area contributed by atoms with Crippen molar-refractivity contribution in [2.24, 2.45) is 5.73 Å². The number of amides is 2. The van der Waals surface area contributed by atoms with E-state index in [1.165, 1.54) is 23.1 Å². The first-order valence-corrected chi connectivity index (χ1v) is 11.7. The number of anilines is 2. The van der Waals surface area contributed by atoms with Gasteiger partial charge in [-0.3, -0.25) is 9.59 Å². The van der Waals surface area contributed by atoms with Crippen LogP contribution >= 0.6 is 23.1 Å². The summed E-state index contributed by atoms with van der Waals surface area (Å²) in [6.07, 6.45) is 1.23. The first-order chi connectivity index (χ1) is 15.0. The van der Waals surface area contributed by atoms with Gasteiger partial charge in [-0.15, -0.1) is 11.3 Å². The summed E-state index contributed by atoms with van der Waals surface area (Å²) in [5, 5.41) is 5.67. The zero-order valence-corrected chi connectivity index (χ0v) is 18.4. The number of fused-ring (bicyclic) bond motifs is 1. The van der Waals surface area contributed by atoms with E-state index in [4.69, 9.17) is 10.7 Å². The molecule has 1 atom stereocenters. The van der Waals surface area contributed by atoms with E-state index in [1.807, 2.05) is 60.8 Å². The zero-order chi connectivity index (χ0) is 21.5. The van der Waals surface area contributed by atoms with Crippen molar-refractivity contribution in [3.8, 4) is 11.3 Å². The molecule has 0 saturated heterocycles. The quantitative estimate of drug-likeness (QED) is 0.606. The van der Waals surface area contributed by atoms with Gasteiger partial charge in [0.1, 0.15) is 5.37 Å². The minimum atomic E-state index is -0.428. The van der Waals surface area contributed by atoms with Gasteiger partial charge in [0.05, 0.1) is 16.3 Å². The number of rotatable bonds is 4. The fourth-order valence-electron chi connectivity index (χ4n) is 3.97. The molecule has 6 nitrogen and oxygen atoms in total. The highest BCUT2D eigenvalue weighted by molar-refractivity contribution is 8.04. The van der Waals surface area contributed by atoms with Crippen LogP contribution in [0.4, 0.5) is 10.8 Å². The Bertz CT molecular complexity index is 1220. The third kappa shape index (κ3) is 3.51. The SMILES string of the molecule is CC1=C(C(N)=O)SC(c2ccccc2)N1c1nc(-c2cccc3c2NC(=O)CC3)cs1. The maximum atomic E-state index is 12.0. The Balaban J connectivity index is 1.57. The lowest BCUT2D eigenvalue weighted by molar-refractivity contribution is -0.116. The summed E-state index contributed by atoms with van der Waals surface area (Å²) < 4.78 is 0. The molecule has 1 unspecified atom stereocenters. The number of hydrogen-bond donors (Lipinski definition) is 2. The maximum absolute atomic E-state index is 12.0. The molecule has 0 spiro atoms. The fourth-order valence-corrected chi connectivity index (χ4v) is 6.20. The molecule has 0 radical (unpaired) electrons. The van der Waals surface area contributed by atoms with Crippen LogP contribution in [0.2, 0.25) is 0 Å². The van der Waals surface area contributed by atoms with E-state index in [0.717, 1.165) is 45.3 Å². The van der Waals surface area contributed by atoms with Crippen LogP contribution in [0, 0.1) is 0 Å². The van der Waals surface area contributed by atoms with Crippen molar-refractivity contribution in [2.45, 2.75) is 25.1 Å². The third-order valence-corrected chi connectivity index (χ3v) is 7.75. The van der Waals surface area contributed by atoms with Gasteiger partial charge in [-0.05, 0) is 24.5 Å². The number of para-hydroxylation sites is 1. The van der Waals surface area contributed by atoms with Gasteiger partial charge in [0.15, 0.2) is 5.13 Å². The molecule has 5 rings (SSSR count). The van der Waals surface area contributed by atoms with Crippen LogP contribution in [0.25, 0.3) is 11.3 Å². The van der Waals surface area contributed by atoms with Gasteiger partial charge >= 0.3 is 0 Å². The van der Waals surface area contributed by atoms with Crippen molar-refractivity contribution in [2.75, 3.05) is 10.2 Å². The van der Waals surface area contributed by atoms with Gasteiger partial charge in [0, 0.05) is 23.1 Å². The molecule has 2 aliphatic heterocycles. The number of nitrogens with one attached hydrogen (secondary N) is 1. The van der Waals surface area contributed by atoms with Crippen molar-refractivity contribution >= 4 is 45.7 Å². The van der Waals surface area contributed by atoms with Gasteiger partial charge in [0.2, 0.25) is 5.91 Å². The number of benzene rings is 2. The minimum Gasteiger partial charge on any atom is -0.365 e. The van der Waals surface area contributed by atoms with Crippen molar-refractivity contribution in [3.05, 3.63) is 75.6 Å². The van der Waals surface area contributed by atoms with Crippen LogP contribution in [0.5, 0.6) is 0 Å². The molecule has 3 heterocycles. The zero-order valence-electron chi connectivity index (χ0n) is 16.8. The molecule has 0 aliphatic carbocycles. The lowest BCUT2D eigenvalue weighted by atomic mass is 9.98. The van der Waals surface area contributed by atoms with E-state index < -0.39 is 5.91 Å². The monoisotopic (exact) mass is 448 g/mol. The van der Waals surface area contributed by atoms with Crippen LogP contribution in [0.1, 0.15) is 29.8 Å². The predicted molar refractivity (Wildman–Crippen MR) is 126 cm³/mol. The van der Waals surface area contributed by atoms with Crippen molar-refractivity contribution in [1.82, 2.24) is 4.98 Å². The van der Waals surface area contributed by atoms with E-state index in [1.54, 1.807) is 0 Å². The number of thioether (sulfide) groups is 1. The lowest BCUT2D eigenvalue weighted by Gasteiger charge is -2.25. The van der Waals surface area contributed by atoms with Crippen LogP contribution in [0.15, 0.2) is 64.5 Å². The summed E-state index contributed by atoms with van der Waals surface area (Å²) >= 11 is 2.96. The van der Waals surface area contributed by atoms with E-state index in [-0.39, 0.29) is 11.3 Å². The van der Waals surface area contributed by atoms with E-state index >= 15 is 0 Å². The first-order valence-electron chi connectivity index (χ1n) is 9.92. The number of thiazole rings is 1. The van der Waals surface area contributed by atoms with Crippen molar-refractivity contribution in [1.29, 1.82) is 0 Å². The highest BCUT2D eigenvalue weighted by atomic mass is 32.2. The highest BCUT2D eigenvalue weighted by Crippen LogP contribution is 2.50. The molecule has 2 aromatic carbocycles. The third-order valence-electron chi connectivity index (χ3n) is 5.47. The fraction of sp³-hybridized carbons (Fsp3) is 0.174. The normalized spacial score (nSPS) is 18.2. The molecule has 0 bridgehead atoms. The maximum Gasteiger partial charge on any atom is 0.256 e. The molecule has 2 amide bonds. The van der Waals surface area contributed by atoms with Crippen LogP contribution < -0.4 is 16.0 Å². The lowest BCUT2D eigenvalue weighted by Crippen LogP contribution is -2.21. The number of nitrogens with zero attached hydrogens (tertiary/aromatic N) is 2. The molecule has 3 N–H and O–H groups in total. The van der Waals surface area contributed by atoms with Crippen molar-refractivity contribution in [3.63, 3.8) is 0 Å². The smallest absolute Gasteiger partial charge is 0.256 e. The van der Waals surface area contributed by atoms with Crippen LogP contribution in [-0.4, -0.2) is 16.8 Å². The number of aryl methyl sites for hydroxylation is 1. The Kier molecular flexibility index (Phi) is 5.03. The average molecular weight is 449 g/mol. The molecule has 3 aromatic rings. The highest BCUT2D eigenvalue weighted by Gasteiger charge is 2.36. The average Bonchev–Trinajstić information content (AvgIpc) is 3.38. The summed E-state index contributed by atoms with van der Waals surface area (Å²) in [5.41, 5.74) is 11.2. The summed E-state index contributed by atoms with van der Waals surface area (Å²) in [5.74, 6) is -0.400. The summed E-state index contributed by atoms with van der Waals surface area (Å²) in [7, 11) is 0. The molecule has 31 heavy (non-hydrogen) atoms. The second-order valence-corrected chi connectivity index (χ2v) is 9.36. The molecule has 156 valence electrons. The van der Waals surface area contributed by atoms with E-state index in [0.29, 0.717) is 11.3 Å². The Labute approximate surface area is 188 Å². The molecule has 0 saturated carbocycles. The Morgan fingerprint density at radius 2 is 1.97 bits per heavy atom. The van der Waals surface area contributed by atoms with Gasteiger partial charge in [-0.25, -0.2) is 4.98 Å². The summed E-state index contributed by atoms with van der Waals surface area (Å²) in [6, 6.07) is 16.0. The number of aromatic nitrogens is 1. The van der Waals surface area contributed by atoms with Gasteiger partial charge in [-0.1, -0.05) is 60.3 Å². The number of nitrogens with two attached hydrogens (primary N) is 1. The molecular formula is C23H20N4O2S2. The van der Waals surface area contributed by atoms with Gasteiger partial charge < -0.3 is 16.0 Å². The van der Waals surface area contributed by atoms with E-state index in [9.17, 15) is 9.59 Å². The summed E-state index contributed by atoms with van der Waals surface area (Å²) in [6.45, 7) is 1.90. The summed E-state index contributed by atoms with van der Waals surface area (Å²) in [4.78, 5) is 31.6. The molecular weight excluding hydrogens is 428 g/mol. The topological polar surface area (TPSA) is 88.3 Å². The molecule has 0 fully saturated rings. The molecule has 1 aromatic heterocycles. The number of hydrogen-bond acceptors (Lipinski definition) is 6. The predicted octanol–water partition coefficient (Wildman–Crippen LogP) is 4.66.